The average Bonchev–Trinajstić information content (AvgIpc) is 2.81. The minimum absolute atomic E-state index is 0.100. The van der Waals surface area contributed by atoms with Gasteiger partial charge >= 0.3 is 0 Å². The molecular weight excluding hydrogens is 238 g/mol. The third-order valence-corrected chi connectivity index (χ3v) is 2.76. The normalized spacial score (nSPS) is 10.2. The van der Waals surface area contributed by atoms with Gasteiger partial charge in [-0.05, 0) is 12.1 Å². The highest BCUT2D eigenvalue weighted by Gasteiger charge is 2.14. The van der Waals surface area contributed by atoms with E-state index in [9.17, 15) is 4.79 Å². The van der Waals surface area contributed by atoms with E-state index in [1.54, 1.807) is 48.6 Å². The molecule has 0 unspecified atom stereocenters. The molecule has 0 aliphatic carbocycles. The summed E-state index contributed by atoms with van der Waals surface area (Å²) in [5.74, 6) is -0.100. The largest absolute Gasteiger partial charge is 0.337 e. The number of hydrogen-bond acceptors (Lipinski definition) is 2. The molecule has 0 saturated heterocycles. The molecule has 1 heterocycles. The van der Waals surface area contributed by atoms with Crippen LogP contribution in [0.5, 0.6) is 0 Å². The van der Waals surface area contributed by atoms with E-state index in [1.807, 2.05) is 0 Å². The summed E-state index contributed by atoms with van der Waals surface area (Å²) in [6, 6.07) is 7.02. The third-order valence-electron chi connectivity index (χ3n) is 2.43. The lowest BCUT2D eigenvalue weighted by Gasteiger charge is -2.16. The van der Waals surface area contributed by atoms with E-state index in [4.69, 9.17) is 11.6 Å². The maximum atomic E-state index is 12.1. The lowest BCUT2D eigenvalue weighted by molar-refractivity contribution is 0.0785. The molecule has 0 bridgehead atoms. The SMILES string of the molecule is CN(Cc1cn[nH]c1)C(=O)c1ccccc1Cl. The Kier molecular flexibility index (Phi) is 3.44. The number of aromatic nitrogens is 2. The zero-order chi connectivity index (χ0) is 12.3. The van der Waals surface area contributed by atoms with Gasteiger partial charge < -0.3 is 4.90 Å². The monoisotopic (exact) mass is 249 g/mol. The van der Waals surface area contributed by atoms with Gasteiger partial charge in [0, 0.05) is 25.4 Å². The van der Waals surface area contributed by atoms with Gasteiger partial charge in [-0.3, -0.25) is 9.89 Å². The summed E-state index contributed by atoms with van der Waals surface area (Å²) in [6.07, 6.45) is 3.45. The van der Waals surface area contributed by atoms with Crippen molar-refractivity contribution in [2.24, 2.45) is 0 Å². The average molecular weight is 250 g/mol. The predicted octanol–water partition coefficient (Wildman–Crippen LogP) is 2.34. The van der Waals surface area contributed by atoms with Crippen molar-refractivity contribution in [2.45, 2.75) is 6.54 Å². The van der Waals surface area contributed by atoms with Gasteiger partial charge in [-0.15, -0.1) is 0 Å². The fourth-order valence-corrected chi connectivity index (χ4v) is 1.77. The molecule has 17 heavy (non-hydrogen) atoms. The number of rotatable bonds is 3. The number of H-pyrrole nitrogens is 1. The van der Waals surface area contributed by atoms with Crippen LogP contribution in [0.15, 0.2) is 36.7 Å². The molecule has 2 rings (SSSR count). The Balaban J connectivity index is 2.13. The number of nitrogens with one attached hydrogen (secondary N) is 1. The number of halogens is 1. The molecule has 0 spiro atoms. The van der Waals surface area contributed by atoms with Crippen LogP contribution in [0.2, 0.25) is 5.02 Å². The fraction of sp³-hybridized carbons (Fsp3) is 0.167. The molecule has 0 fully saturated rings. The zero-order valence-corrected chi connectivity index (χ0v) is 10.1. The van der Waals surface area contributed by atoms with Crippen LogP contribution in [0.3, 0.4) is 0 Å². The number of benzene rings is 1. The molecule has 0 aliphatic rings. The standard InChI is InChI=1S/C12H12ClN3O/c1-16(8-9-6-14-15-7-9)12(17)10-4-2-3-5-11(10)13/h2-7H,8H2,1H3,(H,14,15). The van der Waals surface area contributed by atoms with Crippen molar-refractivity contribution in [1.82, 2.24) is 15.1 Å². The van der Waals surface area contributed by atoms with Crippen LogP contribution in [0.1, 0.15) is 15.9 Å². The number of carbonyl (C=O) groups excluding carboxylic acids is 1. The maximum Gasteiger partial charge on any atom is 0.255 e. The second-order valence-electron chi connectivity index (χ2n) is 3.75. The van der Waals surface area contributed by atoms with Gasteiger partial charge in [0.2, 0.25) is 0 Å². The first-order chi connectivity index (χ1) is 8.18. The van der Waals surface area contributed by atoms with E-state index in [2.05, 4.69) is 10.2 Å². The highest BCUT2D eigenvalue weighted by atomic mass is 35.5. The number of aromatic amines is 1. The predicted molar refractivity (Wildman–Crippen MR) is 65.8 cm³/mol. The Morgan fingerprint density at radius 2 is 2.24 bits per heavy atom. The Morgan fingerprint density at radius 1 is 1.47 bits per heavy atom. The minimum atomic E-state index is -0.100. The highest BCUT2D eigenvalue weighted by molar-refractivity contribution is 6.33. The highest BCUT2D eigenvalue weighted by Crippen LogP contribution is 2.17. The van der Waals surface area contributed by atoms with Crippen molar-refractivity contribution in [3.63, 3.8) is 0 Å². The number of hydrogen-bond donors (Lipinski definition) is 1. The third kappa shape index (κ3) is 2.65. The Labute approximate surface area is 104 Å². The topological polar surface area (TPSA) is 49.0 Å². The van der Waals surface area contributed by atoms with Crippen molar-refractivity contribution in [2.75, 3.05) is 7.05 Å². The molecule has 1 amide bonds. The van der Waals surface area contributed by atoms with Crippen molar-refractivity contribution >= 4 is 17.5 Å². The van der Waals surface area contributed by atoms with Gasteiger partial charge in [0.1, 0.15) is 0 Å². The summed E-state index contributed by atoms with van der Waals surface area (Å²) in [4.78, 5) is 13.7. The van der Waals surface area contributed by atoms with Crippen LogP contribution in [0.4, 0.5) is 0 Å². The van der Waals surface area contributed by atoms with Crippen LogP contribution >= 0.6 is 11.6 Å². The molecule has 0 aliphatic heterocycles. The van der Waals surface area contributed by atoms with Crippen LogP contribution in [-0.4, -0.2) is 28.1 Å². The van der Waals surface area contributed by atoms with Crippen LogP contribution in [0.25, 0.3) is 0 Å². The molecule has 0 saturated carbocycles. The van der Waals surface area contributed by atoms with Crippen molar-refractivity contribution < 1.29 is 4.79 Å². The van der Waals surface area contributed by atoms with Crippen LogP contribution < -0.4 is 0 Å². The van der Waals surface area contributed by atoms with Gasteiger partial charge in [0.05, 0.1) is 16.8 Å². The molecule has 1 aromatic carbocycles. The molecule has 88 valence electrons. The van der Waals surface area contributed by atoms with E-state index >= 15 is 0 Å². The Morgan fingerprint density at radius 3 is 2.88 bits per heavy atom. The minimum Gasteiger partial charge on any atom is -0.337 e. The van der Waals surface area contributed by atoms with Crippen molar-refractivity contribution in [3.05, 3.63) is 52.8 Å². The molecule has 1 N–H and O–H groups in total. The summed E-state index contributed by atoms with van der Waals surface area (Å²) in [5, 5.41) is 7.02. The summed E-state index contributed by atoms with van der Waals surface area (Å²) in [7, 11) is 1.73. The van der Waals surface area contributed by atoms with E-state index in [0.717, 1.165) is 5.56 Å². The van der Waals surface area contributed by atoms with E-state index in [1.165, 1.54) is 0 Å². The smallest absolute Gasteiger partial charge is 0.255 e. The summed E-state index contributed by atoms with van der Waals surface area (Å²) in [6.45, 7) is 0.501. The fourth-order valence-electron chi connectivity index (χ4n) is 1.55. The molecule has 0 atom stereocenters. The lowest BCUT2D eigenvalue weighted by atomic mass is 10.2. The van der Waals surface area contributed by atoms with Gasteiger partial charge in [0.25, 0.3) is 5.91 Å². The quantitative estimate of drug-likeness (QED) is 0.908. The number of nitrogens with zero attached hydrogens (tertiary/aromatic N) is 2. The van der Waals surface area contributed by atoms with Gasteiger partial charge in [-0.25, -0.2) is 0 Å². The van der Waals surface area contributed by atoms with Crippen LogP contribution in [-0.2, 0) is 6.54 Å². The zero-order valence-electron chi connectivity index (χ0n) is 9.35. The van der Waals surface area contributed by atoms with Gasteiger partial charge in [-0.2, -0.15) is 5.10 Å². The number of carbonyl (C=O) groups is 1. The second-order valence-corrected chi connectivity index (χ2v) is 4.15. The van der Waals surface area contributed by atoms with E-state index in [0.29, 0.717) is 17.1 Å². The maximum absolute atomic E-state index is 12.1. The first kappa shape index (κ1) is 11.7. The number of amides is 1. The van der Waals surface area contributed by atoms with Gasteiger partial charge in [-0.1, -0.05) is 23.7 Å². The molecule has 1 aromatic heterocycles. The molecular formula is C12H12ClN3O. The summed E-state index contributed by atoms with van der Waals surface area (Å²) in [5.41, 5.74) is 1.47. The summed E-state index contributed by atoms with van der Waals surface area (Å²) >= 11 is 5.98. The van der Waals surface area contributed by atoms with E-state index < -0.39 is 0 Å². The van der Waals surface area contributed by atoms with Crippen LogP contribution in [0, 0.1) is 0 Å². The van der Waals surface area contributed by atoms with Gasteiger partial charge in [0.15, 0.2) is 0 Å². The second kappa shape index (κ2) is 5.01. The molecule has 4 nitrogen and oxygen atoms in total. The first-order valence-corrected chi connectivity index (χ1v) is 5.54. The molecule has 5 heteroatoms. The Bertz CT molecular complexity index is 510. The van der Waals surface area contributed by atoms with Crippen molar-refractivity contribution in [3.8, 4) is 0 Å². The Hall–Kier alpha value is -1.81. The molecule has 0 radical (unpaired) electrons. The lowest BCUT2D eigenvalue weighted by Crippen LogP contribution is -2.26. The molecule has 2 aromatic rings. The first-order valence-electron chi connectivity index (χ1n) is 5.16. The van der Waals surface area contributed by atoms with Crippen molar-refractivity contribution in [1.29, 1.82) is 0 Å². The van der Waals surface area contributed by atoms with E-state index in [-0.39, 0.29) is 5.91 Å². The summed E-state index contributed by atoms with van der Waals surface area (Å²) < 4.78 is 0.